The van der Waals surface area contributed by atoms with Gasteiger partial charge in [-0.25, -0.2) is 8.78 Å². The molecule has 0 spiro atoms. The number of rotatable bonds is 3. The molecule has 118 valence electrons. The summed E-state index contributed by atoms with van der Waals surface area (Å²) in [4.78, 5) is 16.8. The predicted molar refractivity (Wildman–Crippen MR) is 78.4 cm³/mol. The zero-order chi connectivity index (χ0) is 16.3. The normalized spacial score (nSPS) is 15.5. The molecule has 7 heteroatoms. The van der Waals surface area contributed by atoms with E-state index in [0.29, 0.717) is 32.7 Å². The molecule has 0 unspecified atom stereocenters. The number of hydrogen-bond donors (Lipinski definition) is 0. The standard InChI is InChI=1S/C15H18F2N4O/c1-19(2)14(22)10-20-3-5-21(6-4-20)15-12(16)7-11(9-18)8-13(15)17/h7-8H,3-6,10H2,1-2H3. The van der Waals surface area contributed by atoms with Crippen LogP contribution in [0.2, 0.25) is 0 Å². The highest BCUT2D eigenvalue weighted by Crippen LogP contribution is 2.25. The van der Waals surface area contributed by atoms with Gasteiger partial charge >= 0.3 is 0 Å². The molecule has 0 aliphatic carbocycles. The second-order valence-electron chi connectivity index (χ2n) is 5.45. The maximum absolute atomic E-state index is 14.0. The van der Waals surface area contributed by atoms with Gasteiger partial charge in [-0.1, -0.05) is 0 Å². The number of nitrogens with zero attached hydrogens (tertiary/aromatic N) is 4. The van der Waals surface area contributed by atoms with E-state index < -0.39 is 11.6 Å². The molecule has 1 aliphatic rings. The number of nitriles is 1. The number of halogens is 2. The van der Waals surface area contributed by atoms with Gasteiger partial charge < -0.3 is 9.80 Å². The highest BCUT2D eigenvalue weighted by atomic mass is 19.1. The molecule has 0 aromatic heterocycles. The minimum absolute atomic E-state index is 0.00387. The zero-order valence-corrected chi connectivity index (χ0v) is 12.6. The van der Waals surface area contributed by atoms with E-state index in [1.165, 1.54) is 4.90 Å². The lowest BCUT2D eigenvalue weighted by atomic mass is 10.1. The lowest BCUT2D eigenvalue weighted by Crippen LogP contribution is -2.49. The fourth-order valence-electron chi connectivity index (χ4n) is 2.39. The van der Waals surface area contributed by atoms with Crippen molar-refractivity contribution in [2.45, 2.75) is 0 Å². The Hall–Kier alpha value is -2.20. The number of hydrogen-bond acceptors (Lipinski definition) is 4. The van der Waals surface area contributed by atoms with Crippen molar-refractivity contribution in [3.8, 4) is 6.07 Å². The molecule has 1 aromatic carbocycles. The van der Waals surface area contributed by atoms with E-state index in [2.05, 4.69) is 0 Å². The first-order valence-electron chi connectivity index (χ1n) is 6.99. The minimum Gasteiger partial charge on any atom is -0.364 e. The summed E-state index contributed by atoms with van der Waals surface area (Å²) in [6.45, 7) is 2.27. The Kier molecular flexibility index (Phi) is 4.93. The van der Waals surface area contributed by atoms with Crippen LogP contribution in [-0.2, 0) is 4.79 Å². The maximum Gasteiger partial charge on any atom is 0.236 e. The SMILES string of the molecule is CN(C)C(=O)CN1CCN(c2c(F)cc(C#N)cc2F)CC1. The summed E-state index contributed by atoms with van der Waals surface area (Å²) < 4.78 is 28.0. The predicted octanol–water partition coefficient (Wildman–Crippen LogP) is 1.05. The van der Waals surface area contributed by atoms with Crippen LogP contribution in [0.1, 0.15) is 5.56 Å². The van der Waals surface area contributed by atoms with Crippen molar-refractivity contribution in [2.75, 3.05) is 51.7 Å². The van der Waals surface area contributed by atoms with E-state index in [-0.39, 0.29) is 17.2 Å². The molecular weight excluding hydrogens is 290 g/mol. The average molecular weight is 308 g/mol. The van der Waals surface area contributed by atoms with E-state index in [1.54, 1.807) is 25.1 Å². The summed E-state index contributed by atoms with van der Waals surface area (Å²) in [6.07, 6.45) is 0. The molecule has 1 aliphatic heterocycles. The van der Waals surface area contributed by atoms with Crippen LogP contribution in [0.5, 0.6) is 0 Å². The third kappa shape index (κ3) is 3.52. The van der Waals surface area contributed by atoms with E-state index in [4.69, 9.17) is 5.26 Å². The van der Waals surface area contributed by atoms with Crippen LogP contribution in [0.25, 0.3) is 0 Å². The minimum atomic E-state index is -0.727. The van der Waals surface area contributed by atoms with Crippen molar-refractivity contribution in [3.63, 3.8) is 0 Å². The molecule has 0 N–H and O–H groups in total. The number of likely N-dealkylation sites (N-methyl/N-ethyl adjacent to an activating group) is 1. The molecule has 0 atom stereocenters. The van der Waals surface area contributed by atoms with Crippen molar-refractivity contribution in [1.29, 1.82) is 5.26 Å². The molecule has 1 saturated heterocycles. The Balaban J connectivity index is 2.03. The number of amides is 1. The van der Waals surface area contributed by atoms with Gasteiger partial charge in [-0.05, 0) is 12.1 Å². The highest BCUT2D eigenvalue weighted by molar-refractivity contribution is 5.77. The molecular formula is C15H18F2N4O. The van der Waals surface area contributed by atoms with Crippen molar-refractivity contribution in [3.05, 3.63) is 29.3 Å². The summed E-state index contributed by atoms with van der Waals surface area (Å²) in [6, 6.07) is 3.81. The van der Waals surface area contributed by atoms with E-state index in [9.17, 15) is 13.6 Å². The molecule has 22 heavy (non-hydrogen) atoms. The lowest BCUT2D eigenvalue weighted by Gasteiger charge is -2.36. The number of anilines is 1. The molecule has 2 rings (SSSR count). The van der Waals surface area contributed by atoms with E-state index >= 15 is 0 Å². The monoisotopic (exact) mass is 308 g/mol. The maximum atomic E-state index is 14.0. The first kappa shape index (κ1) is 16.2. The zero-order valence-electron chi connectivity index (χ0n) is 12.6. The van der Waals surface area contributed by atoms with E-state index in [1.807, 2.05) is 4.90 Å². The van der Waals surface area contributed by atoms with Gasteiger partial charge in [0.15, 0.2) is 11.6 Å². The average Bonchev–Trinajstić information content (AvgIpc) is 2.48. The van der Waals surface area contributed by atoms with Crippen LogP contribution in [0, 0.1) is 23.0 Å². The van der Waals surface area contributed by atoms with Crippen molar-refractivity contribution >= 4 is 11.6 Å². The summed E-state index contributed by atoms with van der Waals surface area (Å²) >= 11 is 0. The smallest absolute Gasteiger partial charge is 0.236 e. The van der Waals surface area contributed by atoms with Gasteiger partial charge in [-0.2, -0.15) is 5.26 Å². The van der Waals surface area contributed by atoms with Crippen LogP contribution in [0.3, 0.4) is 0 Å². The van der Waals surface area contributed by atoms with Crippen molar-refractivity contribution < 1.29 is 13.6 Å². The van der Waals surface area contributed by atoms with Crippen LogP contribution < -0.4 is 4.90 Å². The molecule has 0 saturated carbocycles. The molecule has 0 bridgehead atoms. The summed E-state index contributed by atoms with van der Waals surface area (Å²) in [5, 5.41) is 8.71. The summed E-state index contributed by atoms with van der Waals surface area (Å²) in [7, 11) is 3.39. The topological polar surface area (TPSA) is 50.6 Å². The van der Waals surface area contributed by atoms with Gasteiger partial charge in [-0.3, -0.25) is 9.69 Å². The van der Waals surface area contributed by atoms with Gasteiger partial charge in [0, 0.05) is 40.3 Å². The highest BCUT2D eigenvalue weighted by Gasteiger charge is 2.24. The van der Waals surface area contributed by atoms with Crippen molar-refractivity contribution in [2.24, 2.45) is 0 Å². The number of carbonyl (C=O) groups is 1. The third-order valence-electron chi connectivity index (χ3n) is 3.69. The molecule has 1 aromatic rings. The Bertz CT molecular complexity index is 581. The molecule has 0 radical (unpaired) electrons. The summed E-state index contributed by atoms with van der Waals surface area (Å²) in [5.74, 6) is -1.45. The van der Waals surface area contributed by atoms with E-state index in [0.717, 1.165) is 12.1 Å². The van der Waals surface area contributed by atoms with Crippen LogP contribution in [0.4, 0.5) is 14.5 Å². The Labute approximate surface area is 128 Å². The Morgan fingerprint density at radius 3 is 2.23 bits per heavy atom. The van der Waals surface area contributed by atoms with Gasteiger partial charge in [0.2, 0.25) is 5.91 Å². The van der Waals surface area contributed by atoms with Gasteiger partial charge in [0.1, 0.15) is 5.69 Å². The fourth-order valence-corrected chi connectivity index (χ4v) is 2.39. The second-order valence-corrected chi connectivity index (χ2v) is 5.45. The largest absolute Gasteiger partial charge is 0.364 e. The lowest BCUT2D eigenvalue weighted by molar-refractivity contribution is -0.129. The Morgan fingerprint density at radius 1 is 1.23 bits per heavy atom. The van der Waals surface area contributed by atoms with Crippen LogP contribution in [-0.4, -0.2) is 62.5 Å². The first-order valence-corrected chi connectivity index (χ1v) is 6.99. The summed E-state index contributed by atoms with van der Waals surface area (Å²) in [5.41, 5.74) is -0.133. The molecule has 5 nitrogen and oxygen atoms in total. The van der Waals surface area contributed by atoms with Gasteiger partial charge in [0.25, 0.3) is 0 Å². The molecule has 1 heterocycles. The molecule has 1 fully saturated rings. The molecule has 1 amide bonds. The second kappa shape index (κ2) is 6.71. The third-order valence-corrected chi connectivity index (χ3v) is 3.69. The number of piperazine rings is 1. The fraction of sp³-hybridized carbons (Fsp3) is 0.467. The van der Waals surface area contributed by atoms with Crippen molar-refractivity contribution in [1.82, 2.24) is 9.80 Å². The number of carbonyl (C=O) groups excluding carboxylic acids is 1. The van der Waals surface area contributed by atoms with Crippen LogP contribution in [0.15, 0.2) is 12.1 Å². The van der Waals surface area contributed by atoms with Crippen LogP contribution >= 0.6 is 0 Å². The van der Waals surface area contributed by atoms with Gasteiger partial charge in [-0.15, -0.1) is 0 Å². The quantitative estimate of drug-likeness (QED) is 0.837. The first-order chi connectivity index (χ1) is 10.4. The Morgan fingerprint density at radius 2 is 1.77 bits per heavy atom. The van der Waals surface area contributed by atoms with Gasteiger partial charge in [0.05, 0.1) is 18.2 Å². The number of benzene rings is 1.